The summed E-state index contributed by atoms with van der Waals surface area (Å²) in [7, 11) is 1.64. The number of para-hydroxylation sites is 2. The molecule has 0 aliphatic heterocycles. The number of carbonyl (C=O) groups is 1. The van der Waals surface area contributed by atoms with E-state index in [0.717, 1.165) is 22.0 Å². The van der Waals surface area contributed by atoms with Crippen LogP contribution in [-0.2, 0) is 4.79 Å². The predicted octanol–water partition coefficient (Wildman–Crippen LogP) is 4.97. The molecule has 4 aromatic rings. The van der Waals surface area contributed by atoms with Crippen LogP contribution in [0.15, 0.2) is 77.3 Å². The lowest BCUT2D eigenvalue weighted by Gasteiger charge is -2.15. The van der Waals surface area contributed by atoms with Crippen molar-refractivity contribution >= 4 is 29.0 Å². The molecule has 1 atom stereocenters. The van der Waals surface area contributed by atoms with Crippen molar-refractivity contribution in [2.24, 2.45) is 0 Å². The van der Waals surface area contributed by atoms with Gasteiger partial charge in [-0.25, -0.2) is 0 Å². The van der Waals surface area contributed by atoms with Gasteiger partial charge in [0, 0.05) is 0 Å². The number of ether oxygens (including phenoxy) is 1. The van der Waals surface area contributed by atoms with Crippen LogP contribution in [0.1, 0.15) is 18.5 Å². The van der Waals surface area contributed by atoms with E-state index < -0.39 is 0 Å². The quantitative estimate of drug-likeness (QED) is 0.384. The number of aromatic nitrogens is 3. The van der Waals surface area contributed by atoms with Crippen molar-refractivity contribution in [3.8, 4) is 22.1 Å². The zero-order valence-corrected chi connectivity index (χ0v) is 18.8. The molecule has 2 aromatic carbocycles. The second kappa shape index (κ2) is 9.80. The summed E-state index contributed by atoms with van der Waals surface area (Å²) in [5, 5.41) is 14.5. The predicted molar refractivity (Wildman–Crippen MR) is 125 cm³/mol. The zero-order chi connectivity index (χ0) is 21.6. The minimum atomic E-state index is -0.0666. The fraction of sp³-hybridized carbons (Fsp3) is 0.174. The first-order chi connectivity index (χ1) is 15.2. The Bertz CT molecular complexity index is 1140. The molecule has 0 saturated heterocycles. The van der Waals surface area contributed by atoms with Crippen molar-refractivity contribution in [3.63, 3.8) is 0 Å². The van der Waals surface area contributed by atoms with Crippen LogP contribution in [0.3, 0.4) is 0 Å². The van der Waals surface area contributed by atoms with Crippen molar-refractivity contribution in [2.45, 2.75) is 18.1 Å². The van der Waals surface area contributed by atoms with Gasteiger partial charge in [-0.1, -0.05) is 60.3 Å². The maximum atomic E-state index is 12.6. The van der Waals surface area contributed by atoms with Gasteiger partial charge in [-0.3, -0.25) is 9.36 Å². The number of carbonyl (C=O) groups excluding carboxylic acids is 1. The molecule has 6 nitrogen and oxygen atoms in total. The number of hydrogen-bond donors (Lipinski definition) is 1. The summed E-state index contributed by atoms with van der Waals surface area (Å²) < 4.78 is 7.51. The average Bonchev–Trinajstić information content (AvgIpc) is 3.48. The Balaban J connectivity index is 1.57. The molecule has 31 heavy (non-hydrogen) atoms. The van der Waals surface area contributed by atoms with Crippen molar-refractivity contribution in [2.75, 3.05) is 12.9 Å². The van der Waals surface area contributed by atoms with Crippen LogP contribution in [0.4, 0.5) is 0 Å². The highest BCUT2D eigenvalue weighted by Crippen LogP contribution is 2.34. The highest BCUT2D eigenvalue weighted by atomic mass is 32.2. The fourth-order valence-electron chi connectivity index (χ4n) is 3.20. The van der Waals surface area contributed by atoms with Crippen LogP contribution in [-0.4, -0.2) is 33.5 Å². The third-order valence-corrected chi connectivity index (χ3v) is 6.51. The van der Waals surface area contributed by atoms with E-state index in [9.17, 15) is 4.79 Å². The third-order valence-electron chi connectivity index (χ3n) is 4.71. The van der Waals surface area contributed by atoms with E-state index in [1.807, 2.05) is 83.6 Å². The molecule has 0 fully saturated rings. The van der Waals surface area contributed by atoms with E-state index in [1.165, 1.54) is 11.8 Å². The first kappa shape index (κ1) is 21.1. The number of rotatable bonds is 8. The monoisotopic (exact) mass is 450 g/mol. The van der Waals surface area contributed by atoms with Crippen LogP contribution in [0, 0.1) is 0 Å². The van der Waals surface area contributed by atoms with Gasteiger partial charge in [-0.2, -0.15) is 0 Å². The summed E-state index contributed by atoms with van der Waals surface area (Å²) in [4.78, 5) is 13.6. The highest BCUT2D eigenvalue weighted by molar-refractivity contribution is 7.99. The average molecular weight is 451 g/mol. The van der Waals surface area contributed by atoms with Gasteiger partial charge in [0.05, 0.1) is 29.5 Å². The largest absolute Gasteiger partial charge is 0.495 e. The van der Waals surface area contributed by atoms with Crippen molar-refractivity contribution in [1.29, 1.82) is 0 Å². The van der Waals surface area contributed by atoms with Gasteiger partial charge in [0.15, 0.2) is 11.0 Å². The number of hydrogen-bond acceptors (Lipinski definition) is 6. The molecule has 2 heterocycles. The van der Waals surface area contributed by atoms with Crippen molar-refractivity contribution < 1.29 is 9.53 Å². The van der Waals surface area contributed by atoms with Gasteiger partial charge in [-0.15, -0.1) is 21.5 Å². The number of nitrogens with zero attached hydrogens (tertiary/aromatic N) is 3. The Labute approximate surface area is 189 Å². The topological polar surface area (TPSA) is 69.0 Å². The minimum Gasteiger partial charge on any atom is -0.495 e. The lowest BCUT2D eigenvalue weighted by atomic mass is 10.1. The third kappa shape index (κ3) is 4.81. The molecular weight excluding hydrogens is 428 g/mol. The first-order valence-electron chi connectivity index (χ1n) is 9.77. The summed E-state index contributed by atoms with van der Waals surface area (Å²) in [6.07, 6.45) is 0. The van der Waals surface area contributed by atoms with E-state index >= 15 is 0 Å². The Hall–Kier alpha value is -3.10. The van der Waals surface area contributed by atoms with Crippen LogP contribution in [0.5, 0.6) is 5.75 Å². The van der Waals surface area contributed by atoms with Crippen LogP contribution >= 0.6 is 23.1 Å². The van der Waals surface area contributed by atoms with Gasteiger partial charge in [0.1, 0.15) is 5.75 Å². The maximum Gasteiger partial charge on any atom is 0.230 e. The Kier molecular flexibility index (Phi) is 6.69. The summed E-state index contributed by atoms with van der Waals surface area (Å²) in [6, 6.07) is 21.5. The molecule has 1 amide bonds. The zero-order valence-electron chi connectivity index (χ0n) is 17.2. The SMILES string of the molecule is COc1ccccc1-n1c(SCC(=O)NC(C)c2ccccc2)nnc1-c1cccs1. The van der Waals surface area contributed by atoms with Crippen LogP contribution in [0.2, 0.25) is 0 Å². The summed E-state index contributed by atoms with van der Waals surface area (Å²) >= 11 is 2.94. The molecule has 4 rings (SSSR count). The molecule has 2 aromatic heterocycles. The smallest absolute Gasteiger partial charge is 0.230 e. The maximum absolute atomic E-state index is 12.6. The fourth-order valence-corrected chi connectivity index (χ4v) is 4.65. The Morgan fingerprint density at radius 3 is 2.61 bits per heavy atom. The first-order valence-corrected chi connectivity index (χ1v) is 11.6. The number of methoxy groups -OCH3 is 1. The molecule has 0 aliphatic rings. The van der Waals surface area contributed by atoms with E-state index in [0.29, 0.717) is 10.9 Å². The molecular formula is C23H22N4O2S2. The normalized spacial score (nSPS) is 11.8. The molecule has 1 unspecified atom stereocenters. The van der Waals surface area contributed by atoms with Gasteiger partial charge < -0.3 is 10.1 Å². The number of amides is 1. The van der Waals surface area contributed by atoms with Gasteiger partial charge in [0.25, 0.3) is 0 Å². The van der Waals surface area contributed by atoms with Crippen molar-refractivity contribution in [1.82, 2.24) is 20.1 Å². The van der Waals surface area contributed by atoms with Crippen molar-refractivity contribution in [3.05, 3.63) is 77.7 Å². The summed E-state index contributed by atoms with van der Waals surface area (Å²) in [5.41, 5.74) is 1.90. The van der Waals surface area contributed by atoms with Crippen LogP contribution in [0.25, 0.3) is 16.4 Å². The molecule has 0 saturated carbocycles. The van der Waals surface area contributed by atoms with Gasteiger partial charge >= 0.3 is 0 Å². The molecule has 0 spiro atoms. The molecule has 0 radical (unpaired) electrons. The van der Waals surface area contributed by atoms with E-state index in [2.05, 4.69) is 15.5 Å². The summed E-state index contributed by atoms with van der Waals surface area (Å²) in [6.45, 7) is 1.98. The standard InChI is InChI=1S/C23H22N4O2S2/c1-16(17-9-4-3-5-10-17)24-21(28)15-31-23-26-25-22(20-13-8-14-30-20)27(23)18-11-6-7-12-19(18)29-2/h3-14,16H,15H2,1-2H3,(H,24,28). The second-order valence-corrected chi connectivity index (χ2v) is 8.67. The minimum absolute atomic E-state index is 0.0615. The van der Waals surface area contributed by atoms with Gasteiger partial charge in [-0.05, 0) is 36.1 Å². The second-order valence-electron chi connectivity index (χ2n) is 6.78. The number of thioether (sulfide) groups is 1. The molecule has 0 bridgehead atoms. The van der Waals surface area contributed by atoms with E-state index in [1.54, 1.807) is 18.4 Å². The molecule has 158 valence electrons. The number of benzene rings is 2. The van der Waals surface area contributed by atoms with Gasteiger partial charge in [0.2, 0.25) is 5.91 Å². The van der Waals surface area contributed by atoms with Crippen LogP contribution < -0.4 is 10.1 Å². The lowest BCUT2D eigenvalue weighted by molar-refractivity contribution is -0.119. The summed E-state index contributed by atoms with van der Waals surface area (Å²) in [5.74, 6) is 1.60. The highest BCUT2D eigenvalue weighted by Gasteiger charge is 2.20. The number of nitrogens with one attached hydrogen (secondary N) is 1. The number of thiophene rings is 1. The Morgan fingerprint density at radius 1 is 1.10 bits per heavy atom. The van der Waals surface area contributed by atoms with E-state index in [4.69, 9.17) is 4.74 Å². The molecule has 1 N–H and O–H groups in total. The molecule has 8 heteroatoms. The molecule has 0 aliphatic carbocycles. The van der Waals surface area contributed by atoms with E-state index in [-0.39, 0.29) is 17.7 Å². The Morgan fingerprint density at radius 2 is 1.87 bits per heavy atom. The lowest BCUT2D eigenvalue weighted by Crippen LogP contribution is -2.28.